The van der Waals surface area contributed by atoms with E-state index < -0.39 is 0 Å². The minimum atomic E-state index is 0.966. The fraction of sp³-hybridized carbons (Fsp3) is 0.182. The summed E-state index contributed by atoms with van der Waals surface area (Å²) in [5, 5.41) is 0.977. The van der Waals surface area contributed by atoms with Crippen molar-refractivity contribution in [2.24, 2.45) is 0 Å². The van der Waals surface area contributed by atoms with Crippen LogP contribution in [0.25, 0.3) is 0 Å². The summed E-state index contributed by atoms with van der Waals surface area (Å²) < 4.78 is 0. The van der Waals surface area contributed by atoms with Crippen molar-refractivity contribution >= 4 is 11.8 Å². The molecule has 1 aromatic carbocycles. The molecule has 2 rings (SSSR count). The Morgan fingerprint density at radius 2 is 2.07 bits per heavy atom. The molecule has 0 aliphatic heterocycles. The normalized spacial score (nSPS) is 10.4. The first-order chi connectivity index (χ1) is 6.84. The van der Waals surface area contributed by atoms with E-state index in [1.165, 1.54) is 11.1 Å². The SMILES string of the molecule is Cc1ccc(CSc2ncc[nH]2)cc1. The lowest BCUT2D eigenvalue weighted by Gasteiger charge is -1.99. The van der Waals surface area contributed by atoms with E-state index in [1.807, 2.05) is 6.20 Å². The van der Waals surface area contributed by atoms with Crippen molar-refractivity contribution in [1.82, 2.24) is 9.97 Å². The Morgan fingerprint density at radius 3 is 2.71 bits per heavy atom. The zero-order valence-electron chi connectivity index (χ0n) is 8.03. The minimum Gasteiger partial charge on any atom is -0.340 e. The monoisotopic (exact) mass is 204 g/mol. The lowest BCUT2D eigenvalue weighted by atomic mass is 10.2. The zero-order valence-corrected chi connectivity index (χ0v) is 8.84. The van der Waals surface area contributed by atoms with Gasteiger partial charge >= 0.3 is 0 Å². The third-order valence-electron chi connectivity index (χ3n) is 1.97. The molecule has 0 aliphatic rings. The number of H-pyrrole nitrogens is 1. The summed E-state index contributed by atoms with van der Waals surface area (Å²) in [6, 6.07) is 8.59. The molecule has 14 heavy (non-hydrogen) atoms. The molecule has 0 aliphatic carbocycles. The summed E-state index contributed by atoms with van der Waals surface area (Å²) in [5.74, 6) is 0.966. The summed E-state index contributed by atoms with van der Waals surface area (Å²) in [6.07, 6.45) is 3.62. The molecule has 1 heterocycles. The van der Waals surface area contributed by atoms with E-state index >= 15 is 0 Å². The predicted octanol–water partition coefficient (Wildman–Crippen LogP) is 3.01. The van der Waals surface area contributed by atoms with Crippen LogP contribution in [0.3, 0.4) is 0 Å². The first-order valence-corrected chi connectivity index (χ1v) is 5.51. The van der Waals surface area contributed by atoms with Gasteiger partial charge in [-0.25, -0.2) is 4.98 Å². The van der Waals surface area contributed by atoms with E-state index in [-0.39, 0.29) is 0 Å². The van der Waals surface area contributed by atoms with Crippen molar-refractivity contribution in [2.75, 3.05) is 0 Å². The average molecular weight is 204 g/mol. The Kier molecular flexibility index (Phi) is 2.89. The van der Waals surface area contributed by atoms with Crippen LogP contribution in [0, 0.1) is 6.92 Å². The Balaban J connectivity index is 1.95. The summed E-state index contributed by atoms with van der Waals surface area (Å²) in [7, 11) is 0. The van der Waals surface area contributed by atoms with Crippen molar-refractivity contribution in [1.29, 1.82) is 0 Å². The van der Waals surface area contributed by atoms with Gasteiger partial charge in [-0.3, -0.25) is 0 Å². The maximum Gasteiger partial charge on any atom is 0.165 e. The highest BCUT2D eigenvalue weighted by Crippen LogP contribution is 2.18. The maximum absolute atomic E-state index is 4.16. The van der Waals surface area contributed by atoms with Crippen molar-refractivity contribution in [3.05, 3.63) is 47.8 Å². The number of aryl methyl sites for hydroxylation is 1. The summed E-state index contributed by atoms with van der Waals surface area (Å²) in [5.41, 5.74) is 2.63. The third kappa shape index (κ3) is 2.39. The molecule has 0 fully saturated rings. The van der Waals surface area contributed by atoms with Gasteiger partial charge in [0.15, 0.2) is 5.16 Å². The largest absolute Gasteiger partial charge is 0.340 e. The molecule has 0 spiro atoms. The fourth-order valence-corrected chi connectivity index (χ4v) is 1.95. The van der Waals surface area contributed by atoms with E-state index in [4.69, 9.17) is 0 Å². The molecule has 0 radical (unpaired) electrons. The summed E-state index contributed by atoms with van der Waals surface area (Å²) in [6.45, 7) is 2.10. The van der Waals surface area contributed by atoms with Crippen LogP contribution in [-0.4, -0.2) is 9.97 Å². The van der Waals surface area contributed by atoms with Crippen molar-refractivity contribution in [3.63, 3.8) is 0 Å². The highest BCUT2D eigenvalue weighted by atomic mass is 32.2. The van der Waals surface area contributed by atoms with Crippen LogP contribution in [0.5, 0.6) is 0 Å². The van der Waals surface area contributed by atoms with Crippen LogP contribution in [0.1, 0.15) is 11.1 Å². The minimum absolute atomic E-state index is 0.966. The fourth-order valence-electron chi connectivity index (χ4n) is 1.17. The molecule has 0 bridgehead atoms. The standard InChI is InChI=1S/C11H12N2S/c1-9-2-4-10(5-3-9)8-14-11-12-6-7-13-11/h2-7H,8H2,1H3,(H,12,13). The lowest BCUT2D eigenvalue weighted by Crippen LogP contribution is -1.81. The molecule has 0 saturated carbocycles. The Labute approximate surface area is 87.8 Å². The van der Waals surface area contributed by atoms with Gasteiger partial charge in [0, 0.05) is 18.1 Å². The molecule has 0 amide bonds. The second-order valence-electron chi connectivity index (χ2n) is 3.17. The molecule has 1 N–H and O–H groups in total. The van der Waals surface area contributed by atoms with Crippen LogP contribution < -0.4 is 0 Å². The van der Waals surface area contributed by atoms with Gasteiger partial charge in [0.25, 0.3) is 0 Å². The van der Waals surface area contributed by atoms with Crippen molar-refractivity contribution < 1.29 is 0 Å². The molecule has 2 aromatic rings. The van der Waals surface area contributed by atoms with Gasteiger partial charge in [0.2, 0.25) is 0 Å². The van der Waals surface area contributed by atoms with Crippen molar-refractivity contribution in [3.8, 4) is 0 Å². The first-order valence-electron chi connectivity index (χ1n) is 4.52. The Hall–Kier alpha value is -1.22. The number of nitrogens with one attached hydrogen (secondary N) is 1. The Bertz CT molecular complexity index is 378. The lowest BCUT2D eigenvalue weighted by molar-refractivity contribution is 1.06. The van der Waals surface area contributed by atoms with E-state index in [1.54, 1.807) is 18.0 Å². The maximum atomic E-state index is 4.16. The molecule has 0 unspecified atom stereocenters. The van der Waals surface area contributed by atoms with Crippen LogP contribution in [0.4, 0.5) is 0 Å². The number of imidazole rings is 1. The van der Waals surface area contributed by atoms with Crippen LogP contribution in [0.2, 0.25) is 0 Å². The van der Waals surface area contributed by atoms with E-state index in [0.717, 1.165) is 10.9 Å². The number of rotatable bonds is 3. The third-order valence-corrected chi connectivity index (χ3v) is 2.94. The molecule has 3 heteroatoms. The highest BCUT2D eigenvalue weighted by molar-refractivity contribution is 7.98. The number of aromatic amines is 1. The van der Waals surface area contributed by atoms with E-state index in [9.17, 15) is 0 Å². The Morgan fingerprint density at radius 1 is 1.29 bits per heavy atom. The van der Waals surface area contributed by atoms with E-state index in [2.05, 4.69) is 41.2 Å². The summed E-state index contributed by atoms with van der Waals surface area (Å²) >= 11 is 1.72. The number of benzene rings is 1. The van der Waals surface area contributed by atoms with Gasteiger partial charge in [-0.15, -0.1) is 0 Å². The molecule has 0 saturated heterocycles. The number of aromatic nitrogens is 2. The van der Waals surface area contributed by atoms with E-state index in [0.29, 0.717) is 0 Å². The van der Waals surface area contributed by atoms with Crippen LogP contribution in [-0.2, 0) is 5.75 Å². The molecule has 2 nitrogen and oxygen atoms in total. The summed E-state index contributed by atoms with van der Waals surface area (Å²) in [4.78, 5) is 7.23. The number of hydrogen-bond donors (Lipinski definition) is 1. The smallest absolute Gasteiger partial charge is 0.165 e. The van der Waals surface area contributed by atoms with Crippen LogP contribution in [0.15, 0.2) is 41.8 Å². The topological polar surface area (TPSA) is 28.7 Å². The van der Waals surface area contributed by atoms with Gasteiger partial charge in [0.05, 0.1) is 0 Å². The number of thioether (sulfide) groups is 1. The molecule has 72 valence electrons. The number of hydrogen-bond acceptors (Lipinski definition) is 2. The van der Waals surface area contributed by atoms with Crippen LogP contribution >= 0.6 is 11.8 Å². The van der Waals surface area contributed by atoms with Gasteiger partial charge in [0.1, 0.15) is 0 Å². The predicted molar refractivity (Wildman–Crippen MR) is 59.3 cm³/mol. The first kappa shape index (κ1) is 9.34. The van der Waals surface area contributed by atoms with Gasteiger partial charge in [-0.1, -0.05) is 41.6 Å². The molecule has 0 atom stereocenters. The second-order valence-corrected chi connectivity index (χ2v) is 4.13. The second kappa shape index (κ2) is 4.33. The van der Waals surface area contributed by atoms with Gasteiger partial charge in [-0.2, -0.15) is 0 Å². The zero-order chi connectivity index (χ0) is 9.80. The van der Waals surface area contributed by atoms with Gasteiger partial charge < -0.3 is 4.98 Å². The average Bonchev–Trinajstić information content (AvgIpc) is 2.70. The highest BCUT2D eigenvalue weighted by Gasteiger charge is 1.96. The molecular weight excluding hydrogens is 192 g/mol. The quantitative estimate of drug-likeness (QED) is 0.778. The molecular formula is C11H12N2S. The molecule has 1 aromatic heterocycles. The van der Waals surface area contributed by atoms with Gasteiger partial charge in [-0.05, 0) is 12.5 Å². The van der Waals surface area contributed by atoms with Crippen molar-refractivity contribution in [2.45, 2.75) is 17.8 Å². The number of nitrogens with zero attached hydrogens (tertiary/aromatic N) is 1.